The van der Waals surface area contributed by atoms with Crippen molar-refractivity contribution < 1.29 is 4.74 Å². The van der Waals surface area contributed by atoms with Crippen LogP contribution in [0.25, 0.3) is 0 Å². The first-order valence-corrected chi connectivity index (χ1v) is 4.49. The van der Waals surface area contributed by atoms with Crippen LogP contribution in [0.15, 0.2) is 0 Å². The molecule has 0 aromatic carbocycles. The van der Waals surface area contributed by atoms with Crippen molar-refractivity contribution >= 4 is 0 Å². The Morgan fingerprint density at radius 1 is 0.900 bits per heavy atom. The van der Waals surface area contributed by atoms with Crippen LogP contribution in [0.5, 0.6) is 0 Å². The summed E-state index contributed by atoms with van der Waals surface area (Å²) in [4.78, 5) is 0. The molecule has 0 bridgehead atoms. The van der Waals surface area contributed by atoms with Crippen LogP contribution in [0.2, 0.25) is 0 Å². The first kappa shape index (κ1) is 9.96. The molecule has 10 heavy (non-hydrogen) atoms. The molecule has 0 radical (unpaired) electrons. The normalized spacial score (nSPS) is 17.4. The molecule has 0 unspecified atom stereocenters. The number of hydrogen-bond donors (Lipinski definition) is 0. The summed E-state index contributed by atoms with van der Waals surface area (Å²) in [5.41, 5.74) is 0. The second-order valence-corrected chi connectivity index (χ2v) is 2.67. The summed E-state index contributed by atoms with van der Waals surface area (Å²) in [6.07, 6.45) is 6.57. The van der Waals surface area contributed by atoms with Gasteiger partial charge < -0.3 is 4.74 Å². The third kappa shape index (κ3) is 7.96. The summed E-state index contributed by atoms with van der Waals surface area (Å²) in [6.45, 7) is 6.36. The lowest BCUT2D eigenvalue weighted by molar-refractivity contribution is 0.0968. The topological polar surface area (TPSA) is 9.23 Å². The Morgan fingerprint density at radius 3 is 1.50 bits per heavy atom. The zero-order valence-corrected chi connectivity index (χ0v) is 7.36. The summed E-state index contributed by atoms with van der Waals surface area (Å²) >= 11 is 0. The minimum atomic E-state index is 1.00. The predicted molar refractivity (Wildman–Crippen MR) is 45.3 cm³/mol. The van der Waals surface area contributed by atoms with E-state index in [4.69, 9.17) is 4.74 Å². The van der Waals surface area contributed by atoms with Gasteiger partial charge in [-0.3, -0.25) is 0 Å². The van der Waals surface area contributed by atoms with E-state index in [1.54, 1.807) is 0 Å². The van der Waals surface area contributed by atoms with Crippen LogP contribution < -0.4 is 0 Å². The first-order chi connectivity index (χ1) is 4.91. The van der Waals surface area contributed by atoms with E-state index in [0.717, 1.165) is 13.2 Å². The van der Waals surface area contributed by atoms with Gasteiger partial charge >= 0.3 is 0 Å². The summed E-state index contributed by atoms with van der Waals surface area (Å²) < 4.78 is 5.07. The molecule has 1 fully saturated rings. The van der Waals surface area contributed by atoms with Gasteiger partial charge in [0.2, 0.25) is 0 Å². The average Bonchev–Trinajstić information content (AvgIpc) is 2.08. The van der Waals surface area contributed by atoms with Crippen LogP contribution >= 0.6 is 0 Å². The summed E-state index contributed by atoms with van der Waals surface area (Å²) in [5, 5.41) is 0. The van der Waals surface area contributed by atoms with Crippen molar-refractivity contribution in [3.8, 4) is 0 Å². The highest BCUT2D eigenvalue weighted by atomic mass is 16.5. The maximum Gasteiger partial charge on any atom is 0.0466 e. The van der Waals surface area contributed by atoms with E-state index in [1.807, 2.05) is 0 Å². The van der Waals surface area contributed by atoms with Gasteiger partial charge in [-0.15, -0.1) is 0 Å². The maximum absolute atomic E-state index is 5.07. The molecule has 1 aliphatic rings. The number of unbranched alkanes of at least 4 members (excludes halogenated alkanes) is 1. The summed E-state index contributed by atoms with van der Waals surface area (Å²) in [7, 11) is 0. The highest BCUT2D eigenvalue weighted by Gasteiger charge is 1.94. The van der Waals surface area contributed by atoms with Gasteiger partial charge in [0.15, 0.2) is 0 Å². The molecular formula is C9H20O. The molecule has 0 atom stereocenters. The Balaban J connectivity index is 0.000000180. The lowest BCUT2D eigenvalue weighted by Gasteiger charge is -2.08. The Labute approximate surface area is 64.8 Å². The second kappa shape index (κ2) is 8.96. The summed E-state index contributed by atoms with van der Waals surface area (Å²) in [5.74, 6) is 0. The molecule has 62 valence electrons. The van der Waals surface area contributed by atoms with Gasteiger partial charge in [-0.2, -0.15) is 0 Å². The van der Waals surface area contributed by atoms with Gasteiger partial charge in [0, 0.05) is 13.2 Å². The monoisotopic (exact) mass is 144 g/mol. The quantitative estimate of drug-likeness (QED) is 0.549. The van der Waals surface area contributed by atoms with E-state index in [0.29, 0.717) is 0 Å². The molecule has 1 heterocycles. The Bertz CT molecular complexity index is 35.2. The molecule has 1 rings (SSSR count). The van der Waals surface area contributed by atoms with Crippen LogP contribution in [0, 0.1) is 0 Å². The fourth-order valence-electron chi connectivity index (χ4n) is 0.687. The van der Waals surface area contributed by atoms with Gasteiger partial charge in [0.05, 0.1) is 0 Å². The average molecular weight is 144 g/mol. The standard InChI is InChI=1S/C5H10O.C4H10/c1-2-4-6-5-3-1;1-3-4-2/h1-5H2;3-4H2,1-2H3. The number of ether oxygens (including phenoxy) is 1. The molecule has 1 heteroatoms. The van der Waals surface area contributed by atoms with Gasteiger partial charge in [-0.05, 0) is 19.3 Å². The van der Waals surface area contributed by atoms with Crippen LogP contribution in [-0.4, -0.2) is 13.2 Å². The number of rotatable bonds is 1. The molecule has 1 saturated heterocycles. The van der Waals surface area contributed by atoms with E-state index in [9.17, 15) is 0 Å². The van der Waals surface area contributed by atoms with Crippen molar-refractivity contribution in [3.05, 3.63) is 0 Å². The third-order valence-corrected chi connectivity index (χ3v) is 1.58. The van der Waals surface area contributed by atoms with Crippen molar-refractivity contribution in [2.45, 2.75) is 46.0 Å². The molecule has 0 amide bonds. The molecule has 0 aromatic rings. The smallest absolute Gasteiger partial charge is 0.0466 e. The van der Waals surface area contributed by atoms with Crippen LogP contribution in [-0.2, 0) is 4.74 Å². The summed E-state index contributed by atoms with van der Waals surface area (Å²) in [6, 6.07) is 0. The van der Waals surface area contributed by atoms with Crippen LogP contribution in [0.4, 0.5) is 0 Å². The molecule has 0 aromatic heterocycles. The van der Waals surface area contributed by atoms with E-state index in [1.165, 1.54) is 32.1 Å². The van der Waals surface area contributed by atoms with Crippen molar-refractivity contribution in [3.63, 3.8) is 0 Å². The SMILES string of the molecule is C1CCOCC1.CCCC. The minimum Gasteiger partial charge on any atom is -0.381 e. The van der Waals surface area contributed by atoms with Crippen molar-refractivity contribution in [2.24, 2.45) is 0 Å². The Hall–Kier alpha value is -0.0400. The second-order valence-electron chi connectivity index (χ2n) is 2.67. The highest BCUT2D eigenvalue weighted by molar-refractivity contribution is 4.45. The van der Waals surface area contributed by atoms with Crippen molar-refractivity contribution in [1.29, 1.82) is 0 Å². The molecule has 0 spiro atoms. The zero-order valence-electron chi connectivity index (χ0n) is 7.36. The van der Waals surface area contributed by atoms with Crippen molar-refractivity contribution in [2.75, 3.05) is 13.2 Å². The van der Waals surface area contributed by atoms with Gasteiger partial charge in [-0.1, -0.05) is 26.7 Å². The van der Waals surface area contributed by atoms with Crippen molar-refractivity contribution in [1.82, 2.24) is 0 Å². The molecule has 0 aliphatic carbocycles. The van der Waals surface area contributed by atoms with E-state index in [2.05, 4.69) is 13.8 Å². The predicted octanol–water partition coefficient (Wildman–Crippen LogP) is 2.99. The number of hydrogen-bond acceptors (Lipinski definition) is 1. The highest BCUT2D eigenvalue weighted by Crippen LogP contribution is 2.02. The van der Waals surface area contributed by atoms with Gasteiger partial charge in [0.1, 0.15) is 0 Å². The van der Waals surface area contributed by atoms with E-state index >= 15 is 0 Å². The minimum absolute atomic E-state index is 1.00. The van der Waals surface area contributed by atoms with Gasteiger partial charge in [-0.25, -0.2) is 0 Å². The Morgan fingerprint density at radius 2 is 1.40 bits per heavy atom. The first-order valence-electron chi connectivity index (χ1n) is 4.49. The fourth-order valence-corrected chi connectivity index (χ4v) is 0.687. The molecular weight excluding hydrogens is 124 g/mol. The zero-order chi connectivity index (χ0) is 7.66. The Kier molecular flexibility index (Phi) is 8.92. The molecule has 1 nitrogen and oxygen atoms in total. The maximum atomic E-state index is 5.07. The lowest BCUT2D eigenvalue weighted by Crippen LogP contribution is -2.03. The molecule has 1 aliphatic heterocycles. The largest absolute Gasteiger partial charge is 0.381 e. The van der Waals surface area contributed by atoms with E-state index < -0.39 is 0 Å². The molecule has 0 saturated carbocycles. The van der Waals surface area contributed by atoms with Crippen LogP contribution in [0.1, 0.15) is 46.0 Å². The fraction of sp³-hybridized carbons (Fsp3) is 1.00. The third-order valence-electron chi connectivity index (χ3n) is 1.58. The lowest BCUT2D eigenvalue weighted by atomic mass is 10.2. The van der Waals surface area contributed by atoms with Crippen LogP contribution in [0.3, 0.4) is 0 Å². The van der Waals surface area contributed by atoms with E-state index in [-0.39, 0.29) is 0 Å². The molecule has 0 N–H and O–H groups in total. The van der Waals surface area contributed by atoms with Gasteiger partial charge in [0.25, 0.3) is 0 Å².